The molecular formula is C15H20N4O4. The molecule has 124 valence electrons. The van der Waals surface area contributed by atoms with Crippen LogP contribution in [0.25, 0.3) is 0 Å². The third-order valence-corrected chi connectivity index (χ3v) is 5.04. The molecule has 1 amide bonds. The minimum absolute atomic E-state index is 0.0388. The van der Waals surface area contributed by atoms with Gasteiger partial charge < -0.3 is 9.64 Å². The molecule has 1 unspecified atom stereocenters. The molecule has 0 N–H and O–H groups in total. The van der Waals surface area contributed by atoms with Crippen LogP contribution in [0, 0.1) is 0 Å². The van der Waals surface area contributed by atoms with Crippen LogP contribution in [-0.4, -0.2) is 56.2 Å². The Morgan fingerprint density at radius 2 is 2.13 bits per heavy atom. The van der Waals surface area contributed by atoms with E-state index in [2.05, 4.69) is 5.10 Å². The van der Waals surface area contributed by atoms with E-state index in [0.717, 1.165) is 25.1 Å². The van der Waals surface area contributed by atoms with E-state index in [-0.39, 0.29) is 30.5 Å². The van der Waals surface area contributed by atoms with Gasteiger partial charge in [0, 0.05) is 25.9 Å². The minimum atomic E-state index is -0.495. The number of hydrogen-bond donors (Lipinski definition) is 0. The van der Waals surface area contributed by atoms with Crippen LogP contribution in [0.5, 0.6) is 0 Å². The summed E-state index contributed by atoms with van der Waals surface area (Å²) in [6.45, 7) is 1.79. The van der Waals surface area contributed by atoms with Gasteiger partial charge in [-0.15, -0.1) is 0 Å². The van der Waals surface area contributed by atoms with Crippen LogP contribution in [-0.2, 0) is 33.8 Å². The Kier molecular flexibility index (Phi) is 3.37. The Balaban J connectivity index is 1.46. The molecule has 1 atom stereocenters. The Hall–Kier alpha value is -1.96. The zero-order valence-electron chi connectivity index (χ0n) is 13.0. The summed E-state index contributed by atoms with van der Waals surface area (Å²) >= 11 is 0. The molecule has 2 fully saturated rings. The maximum atomic E-state index is 12.5. The van der Waals surface area contributed by atoms with E-state index < -0.39 is 5.60 Å². The lowest BCUT2D eigenvalue weighted by molar-refractivity contribution is -0.132. The van der Waals surface area contributed by atoms with Crippen molar-refractivity contribution in [2.24, 2.45) is 0 Å². The fraction of sp³-hybridized carbons (Fsp3) is 0.733. The summed E-state index contributed by atoms with van der Waals surface area (Å²) < 4.78 is 8.54. The molecule has 4 rings (SSSR count). The highest BCUT2D eigenvalue weighted by molar-refractivity contribution is 5.83. The van der Waals surface area contributed by atoms with E-state index in [0.29, 0.717) is 32.5 Å². The molecule has 1 aromatic heterocycles. The summed E-state index contributed by atoms with van der Waals surface area (Å²) in [6.07, 6.45) is 3.87. The first kappa shape index (κ1) is 14.6. The Morgan fingerprint density at radius 1 is 1.26 bits per heavy atom. The summed E-state index contributed by atoms with van der Waals surface area (Å²) in [5.74, 6) is 0.733. The zero-order valence-corrected chi connectivity index (χ0v) is 13.0. The molecule has 4 heterocycles. The van der Waals surface area contributed by atoms with E-state index in [4.69, 9.17) is 4.74 Å². The number of amides is 1. The van der Waals surface area contributed by atoms with Gasteiger partial charge in [-0.25, -0.2) is 9.48 Å². The van der Waals surface area contributed by atoms with Crippen molar-refractivity contribution in [3.05, 3.63) is 16.3 Å². The lowest BCUT2D eigenvalue weighted by Crippen LogP contribution is -2.39. The number of ether oxygens (including phenoxy) is 1. The maximum Gasteiger partial charge on any atom is 0.346 e. The summed E-state index contributed by atoms with van der Waals surface area (Å²) in [6, 6.07) is 0. The van der Waals surface area contributed by atoms with Crippen molar-refractivity contribution in [2.45, 2.75) is 50.8 Å². The molecule has 8 nitrogen and oxygen atoms in total. The van der Waals surface area contributed by atoms with Gasteiger partial charge in [-0.2, -0.15) is 5.10 Å². The van der Waals surface area contributed by atoms with Crippen LogP contribution in [0.2, 0.25) is 0 Å². The molecule has 0 radical (unpaired) electrons. The molecule has 1 spiro atoms. The summed E-state index contributed by atoms with van der Waals surface area (Å²) in [5.41, 5.74) is -0.695. The lowest BCUT2D eigenvalue weighted by Gasteiger charge is -2.22. The maximum absolute atomic E-state index is 12.5. The number of hydrogen-bond acceptors (Lipinski definition) is 5. The van der Waals surface area contributed by atoms with Crippen LogP contribution >= 0.6 is 0 Å². The first-order valence-electron chi connectivity index (χ1n) is 8.16. The third-order valence-electron chi connectivity index (χ3n) is 5.04. The van der Waals surface area contributed by atoms with Gasteiger partial charge in [-0.1, -0.05) is 0 Å². The lowest BCUT2D eigenvalue weighted by atomic mass is 9.99. The number of ketones is 1. The molecule has 1 aromatic rings. The van der Waals surface area contributed by atoms with E-state index in [1.165, 1.54) is 4.68 Å². The second-order valence-corrected chi connectivity index (χ2v) is 6.72. The number of carbonyl (C=O) groups excluding carboxylic acids is 2. The summed E-state index contributed by atoms with van der Waals surface area (Å²) in [5, 5.41) is 4.30. The average Bonchev–Trinajstić information content (AvgIpc) is 3.20. The van der Waals surface area contributed by atoms with Crippen LogP contribution in [0.1, 0.15) is 31.5 Å². The van der Waals surface area contributed by atoms with Gasteiger partial charge in [-0.05, 0) is 19.3 Å². The molecule has 3 aliphatic rings. The second-order valence-electron chi connectivity index (χ2n) is 6.72. The smallest absolute Gasteiger partial charge is 0.346 e. The molecule has 8 heteroatoms. The second kappa shape index (κ2) is 5.30. The fourth-order valence-electron chi connectivity index (χ4n) is 3.79. The van der Waals surface area contributed by atoms with Gasteiger partial charge >= 0.3 is 5.69 Å². The number of Topliss-reactive ketones (excluding diaryl/α,β-unsaturated/α-hetero) is 1. The predicted octanol–water partition coefficient (Wildman–Crippen LogP) is -0.658. The molecule has 0 bridgehead atoms. The Bertz CT molecular complexity index is 722. The van der Waals surface area contributed by atoms with Crippen molar-refractivity contribution in [3.63, 3.8) is 0 Å². The number of fused-ring (bicyclic) bond motifs is 1. The SMILES string of the molecule is O=C1COC2(CCN(C(=O)Cn3nc4n(c3=O)CCCC4)C2)C1. The summed E-state index contributed by atoms with van der Waals surface area (Å²) in [4.78, 5) is 37.9. The monoisotopic (exact) mass is 320 g/mol. The number of nitrogens with zero attached hydrogens (tertiary/aromatic N) is 4. The van der Waals surface area contributed by atoms with Crippen LogP contribution in [0.4, 0.5) is 0 Å². The Labute approximate surface area is 133 Å². The van der Waals surface area contributed by atoms with Gasteiger partial charge in [-0.3, -0.25) is 14.2 Å². The molecule has 2 saturated heterocycles. The number of likely N-dealkylation sites (tertiary alicyclic amines) is 1. The quantitative estimate of drug-likeness (QED) is 0.722. The van der Waals surface area contributed by atoms with Gasteiger partial charge in [0.1, 0.15) is 19.0 Å². The highest BCUT2D eigenvalue weighted by atomic mass is 16.5. The van der Waals surface area contributed by atoms with Crippen molar-refractivity contribution in [1.82, 2.24) is 19.2 Å². The fourth-order valence-corrected chi connectivity index (χ4v) is 3.79. The molecule has 0 saturated carbocycles. The topological polar surface area (TPSA) is 86.4 Å². The molecule has 0 aliphatic carbocycles. The van der Waals surface area contributed by atoms with Crippen molar-refractivity contribution >= 4 is 11.7 Å². The van der Waals surface area contributed by atoms with E-state index in [9.17, 15) is 14.4 Å². The normalized spacial score (nSPS) is 27.0. The highest BCUT2D eigenvalue weighted by Gasteiger charge is 2.46. The first-order valence-corrected chi connectivity index (χ1v) is 8.16. The Morgan fingerprint density at radius 3 is 2.87 bits per heavy atom. The van der Waals surface area contributed by atoms with Crippen molar-refractivity contribution in [2.75, 3.05) is 19.7 Å². The molecule has 0 aromatic carbocycles. The first-order chi connectivity index (χ1) is 11.1. The van der Waals surface area contributed by atoms with E-state index in [1.807, 2.05) is 0 Å². The number of aryl methyl sites for hydroxylation is 1. The standard InChI is InChI=1S/C15H20N4O4/c20-11-7-15(23-9-11)4-6-17(10-15)13(21)8-19-14(22)18-5-2-1-3-12(18)16-19/h1-10H2. The zero-order chi connectivity index (χ0) is 16.0. The minimum Gasteiger partial charge on any atom is -0.365 e. The highest BCUT2D eigenvalue weighted by Crippen LogP contribution is 2.33. The molecule has 23 heavy (non-hydrogen) atoms. The van der Waals surface area contributed by atoms with Crippen molar-refractivity contribution < 1.29 is 14.3 Å². The number of aromatic nitrogens is 3. The van der Waals surface area contributed by atoms with Crippen molar-refractivity contribution in [1.29, 1.82) is 0 Å². The van der Waals surface area contributed by atoms with Gasteiger partial charge in [0.15, 0.2) is 5.78 Å². The van der Waals surface area contributed by atoms with Crippen LogP contribution in [0.15, 0.2) is 4.79 Å². The van der Waals surface area contributed by atoms with Gasteiger partial charge in [0.05, 0.1) is 12.1 Å². The van der Waals surface area contributed by atoms with E-state index >= 15 is 0 Å². The number of rotatable bonds is 2. The number of carbonyl (C=O) groups is 2. The van der Waals surface area contributed by atoms with E-state index in [1.54, 1.807) is 9.47 Å². The van der Waals surface area contributed by atoms with Crippen LogP contribution < -0.4 is 5.69 Å². The third kappa shape index (κ3) is 2.50. The molecule has 3 aliphatic heterocycles. The van der Waals surface area contributed by atoms with Gasteiger partial charge in [0.25, 0.3) is 0 Å². The predicted molar refractivity (Wildman–Crippen MR) is 78.9 cm³/mol. The van der Waals surface area contributed by atoms with Crippen LogP contribution in [0.3, 0.4) is 0 Å². The van der Waals surface area contributed by atoms with Crippen molar-refractivity contribution in [3.8, 4) is 0 Å². The van der Waals surface area contributed by atoms with Gasteiger partial charge in [0.2, 0.25) is 5.91 Å². The summed E-state index contributed by atoms with van der Waals surface area (Å²) in [7, 11) is 0. The molecular weight excluding hydrogens is 300 g/mol. The average molecular weight is 320 g/mol. The largest absolute Gasteiger partial charge is 0.365 e.